The number of aromatic nitrogens is 1. The summed E-state index contributed by atoms with van der Waals surface area (Å²) >= 11 is 6.40. The van der Waals surface area contributed by atoms with Crippen LogP contribution in [0.25, 0.3) is 0 Å². The highest BCUT2D eigenvalue weighted by atomic mass is 79.9. The molecule has 0 aliphatic heterocycles. The van der Waals surface area contributed by atoms with Gasteiger partial charge in [0.2, 0.25) is 0 Å². The van der Waals surface area contributed by atoms with Crippen molar-refractivity contribution in [2.45, 2.75) is 4.34 Å². The van der Waals surface area contributed by atoms with Gasteiger partial charge in [-0.3, -0.25) is 0 Å². The van der Waals surface area contributed by atoms with Gasteiger partial charge in [0.1, 0.15) is 4.60 Å². The first kappa shape index (κ1) is 8.52. The Balaban J connectivity index is 2.42. The fourth-order valence-corrected chi connectivity index (χ4v) is 2.63. The molecule has 0 aliphatic rings. The van der Waals surface area contributed by atoms with Crippen LogP contribution in [0.2, 0.25) is 0 Å². The molecule has 2 nitrogen and oxygen atoms in total. The highest BCUT2D eigenvalue weighted by Gasteiger charge is 1.97. The summed E-state index contributed by atoms with van der Waals surface area (Å²) in [6.45, 7) is 0.210. The first-order chi connectivity index (χ1) is 4.83. The van der Waals surface area contributed by atoms with Crippen LogP contribution in [0.4, 0.5) is 0 Å². The molecule has 1 aromatic heterocycles. The number of thiazole rings is 1. The molecule has 56 valence electrons. The Morgan fingerprint density at radius 1 is 1.80 bits per heavy atom. The predicted octanol–water partition coefficient (Wildman–Crippen LogP) is 1.99. The van der Waals surface area contributed by atoms with Crippen molar-refractivity contribution < 1.29 is 5.11 Å². The van der Waals surface area contributed by atoms with E-state index >= 15 is 0 Å². The topological polar surface area (TPSA) is 33.1 Å². The van der Waals surface area contributed by atoms with Gasteiger partial charge in [-0.25, -0.2) is 4.98 Å². The number of aliphatic hydroxyl groups is 1. The number of halogens is 1. The van der Waals surface area contributed by atoms with Gasteiger partial charge in [0.25, 0.3) is 0 Å². The van der Waals surface area contributed by atoms with E-state index in [4.69, 9.17) is 5.11 Å². The Morgan fingerprint density at radius 2 is 2.60 bits per heavy atom. The van der Waals surface area contributed by atoms with Gasteiger partial charge in [0.15, 0.2) is 4.34 Å². The Morgan fingerprint density at radius 3 is 3.10 bits per heavy atom. The molecule has 0 atom stereocenters. The zero-order valence-corrected chi connectivity index (χ0v) is 8.30. The average molecular weight is 240 g/mol. The van der Waals surface area contributed by atoms with Crippen LogP contribution in [-0.4, -0.2) is 22.5 Å². The molecule has 0 spiro atoms. The molecule has 0 bridgehead atoms. The second-order valence-electron chi connectivity index (χ2n) is 1.51. The fourth-order valence-electron chi connectivity index (χ4n) is 0.438. The van der Waals surface area contributed by atoms with Crippen molar-refractivity contribution in [2.75, 3.05) is 12.4 Å². The molecule has 1 rings (SSSR count). The van der Waals surface area contributed by atoms with Gasteiger partial charge in [-0.2, -0.15) is 0 Å². The van der Waals surface area contributed by atoms with E-state index in [2.05, 4.69) is 20.9 Å². The second-order valence-corrected chi connectivity index (χ2v) is 4.52. The van der Waals surface area contributed by atoms with Gasteiger partial charge in [0.05, 0.1) is 6.61 Å². The summed E-state index contributed by atoms with van der Waals surface area (Å²) < 4.78 is 1.87. The van der Waals surface area contributed by atoms with Crippen molar-refractivity contribution in [2.24, 2.45) is 0 Å². The molecule has 0 aliphatic carbocycles. The molecule has 0 aromatic carbocycles. The quantitative estimate of drug-likeness (QED) is 0.820. The van der Waals surface area contributed by atoms with E-state index < -0.39 is 0 Å². The molecule has 5 heteroatoms. The van der Waals surface area contributed by atoms with Crippen LogP contribution in [-0.2, 0) is 0 Å². The minimum atomic E-state index is 0.210. The van der Waals surface area contributed by atoms with Gasteiger partial charge < -0.3 is 5.11 Å². The maximum Gasteiger partial charge on any atom is 0.151 e. The summed E-state index contributed by atoms with van der Waals surface area (Å²) in [5, 5.41) is 10.4. The minimum absolute atomic E-state index is 0.210. The van der Waals surface area contributed by atoms with Crippen molar-refractivity contribution in [1.82, 2.24) is 4.98 Å². The van der Waals surface area contributed by atoms with E-state index in [1.807, 2.05) is 5.38 Å². The lowest BCUT2D eigenvalue weighted by molar-refractivity contribution is 0.322. The molecule has 0 fully saturated rings. The van der Waals surface area contributed by atoms with E-state index in [-0.39, 0.29) is 6.61 Å². The maximum atomic E-state index is 8.48. The number of hydrogen-bond acceptors (Lipinski definition) is 4. The summed E-state index contributed by atoms with van der Waals surface area (Å²) in [6.07, 6.45) is 0. The van der Waals surface area contributed by atoms with Crippen LogP contribution in [0.15, 0.2) is 14.3 Å². The summed E-state index contributed by atoms with van der Waals surface area (Å²) in [5.41, 5.74) is 0. The summed E-state index contributed by atoms with van der Waals surface area (Å²) in [6, 6.07) is 0. The van der Waals surface area contributed by atoms with Crippen molar-refractivity contribution in [3.63, 3.8) is 0 Å². The monoisotopic (exact) mass is 239 g/mol. The highest BCUT2D eigenvalue weighted by molar-refractivity contribution is 9.10. The van der Waals surface area contributed by atoms with E-state index in [9.17, 15) is 0 Å². The molecular formula is C5H6BrNOS2. The lowest BCUT2D eigenvalue weighted by atomic mass is 10.9. The third-order valence-electron chi connectivity index (χ3n) is 0.772. The van der Waals surface area contributed by atoms with Crippen LogP contribution in [0.1, 0.15) is 0 Å². The molecule has 0 saturated carbocycles. The number of thioether (sulfide) groups is 1. The third-order valence-corrected chi connectivity index (χ3v) is 3.48. The predicted molar refractivity (Wildman–Crippen MR) is 47.6 cm³/mol. The largest absolute Gasteiger partial charge is 0.396 e. The standard InChI is InChI=1S/C5H6BrNOS2/c6-4-3-10-5(7-4)9-2-1-8/h3,8H,1-2H2. The van der Waals surface area contributed by atoms with Gasteiger partial charge in [-0.05, 0) is 15.9 Å². The molecule has 10 heavy (non-hydrogen) atoms. The van der Waals surface area contributed by atoms with Crippen molar-refractivity contribution in [3.8, 4) is 0 Å². The van der Waals surface area contributed by atoms with Crippen molar-refractivity contribution in [3.05, 3.63) is 9.98 Å². The van der Waals surface area contributed by atoms with Crippen LogP contribution in [0, 0.1) is 0 Å². The third kappa shape index (κ3) is 2.57. The molecule has 0 amide bonds. The van der Waals surface area contributed by atoms with Crippen LogP contribution in [0.5, 0.6) is 0 Å². The molecule has 1 N–H and O–H groups in total. The zero-order chi connectivity index (χ0) is 7.40. The Kier molecular flexibility index (Phi) is 3.69. The normalized spacial score (nSPS) is 10.2. The van der Waals surface area contributed by atoms with Crippen LogP contribution >= 0.6 is 39.0 Å². The average Bonchev–Trinajstić information content (AvgIpc) is 2.31. The minimum Gasteiger partial charge on any atom is -0.396 e. The van der Waals surface area contributed by atoms with E-state index in [1.54, 1.807) is 23.1 Å². The van der Waals surface area contributed by atoms with E-state index in [0.29, 0.717) is 0 Å². The summed E-state index contributed by atoms with van der Waals surface area (Å²) in [7, 11) is 0. The summed E-state index contributed by atoms with van der Waals surface area (Å²) in [5.74, 6) is 0.722. The van der Waals surface area contributed by atoms with E-state index in [0.717, 1.165) is 14.7 Å². The Labute approximate surface area is 75.8 Å². The van der Waals surface area contributed by atoms with Crippen molar-refractivity contribution in [1.29, 1.82) is 0 Å². The molecule has 0 unspecified atom stereocenters. The number of rotatable bonds is 3. The van der Waals surface area contributed by atoms with Gasteiger partial charge in [-0.1, -0.05) is 11.8 Å². The molecule has 0 radical (unpaired) electrons. The number of aliphatic hydroxyl groups excluding tert-OH is 1. The van der Waals surface area contributed by atoms with E-state index in [1.165, 1.54) is 0 Å². The van der Waals surface area contributed by atoms with Gasteiger partial charge >= 0.3 is 0 Å². The first-order valence-corrected chi connectivity index (χ1v) is 5.33. The number of hydrogen-bond donors (Lipinski definition) is 1. The summed E-state index contributed by atoms with van der Waals surface area (Å²) in [4.78, 5) is 4.14. The molecular weight excluding hydrogens is 234 g/mol. The maximum absolute atomic E-state index is 8.48. The molecule has 1 heterocycles. The van der Waals surface area contributed by atoms with Crippen molar-refractivity contribution >= 4 is 39.0 Å². The van der Waals surface area contributed by atoms with Crippen LogP contribution in [0.3, 0.4) is 0 Å². The highest BCUT2D eigenvalue weighted by Crippen LogP contribution is 2.24. The molecule has 0 saturated heterocycles. The van der Waals surface area contributed by atoms with Gasteiger partial charge in [0, 0.05) is 11.1 Å². The first-order valence-electron chi connectivity index (χ1n) is 2.67. The Bertz CT molecular complexity index is 203. The second kappa shape index (κ2) is 4.33. The lowest BCUT2D eigenvalue weighted by Crippen LogP contribution is -1.84. The Hall–Kier alpha value is 0.420. The lowest BCUT2D eigenvalue weighted by Gasteiger charge is -1.89. The SMILES string of the molecule is OCCSc1nc(Br)cs1. The number of nitrogens with zero attached hydrogens (tertiary/aromatic N) is 1. The fraction of sp³-hybridized carbons (Fsp3) is 0.400. The zero-order valence-electron chi connectivity index (χ0n) is 5.08. The van der Waals surface area contributed by atoms with Gasteiger partial charge in [-0.15, -0.1) is 11.3 Å². The van der Waals surface area contributed by atoms with Crippen LogP contribution < -0.4 is 0 Å². The smallest absolute Gasteiger partial charge is 0.151 e. The molecule has 1 aromatic rings.